The lowest BCUT2D eigenvalue weighted by atomic mass is 10.2. The number of rotatable bonds is 3. The Hall–Kier alpha value is -3.09. The van der Waals surface area contributed by atoms with Crippen LogP contribution in [-0.2, 0) is 0 Å². The molecule has 2 aromatic carbocycles. The molecule has 0 unspecified atom stereocenters. The quantitative estimate of drug-likeness (QED) is 0.803. The molecule has 0 bridgehead atoms. The zero-order valence-electron chi connectivity index (χ0n) is 11.6. The molecule has 1 heterocycles. The summed E-state index contributed by atoms with van der Waals surface area (Å²) in [5.74, 6) is -4.44. The van der Waals surface area contributed by atoms with Gasteiger partial charge in [-0.1, -0.05) is 18.2 Å². The number of carbonyl (C=O) groups excluding carboxylic acids is 1. The van der Waals surface area contributed by atoms with Crippen molar-refractivity contribution >= 4 is 11.7 Å². The number of para-hydroxylation sites is 1. The summed E-state index contributed by atoms with van der Waals surface area (Å²) in [5, 5.41) is 6.41. The SMILES string of the molecule is O=C(Nc1ccnn1-c1ccccc1)c1c(F)cc(F)cc1F. The molecule has 3 rings (SSSR count). The summed E-state index contributed by atoms with van der Waals surface area (Å²) in [6, 6.07) is 11.3. The second kappa shape index (κ2) is 5.96. The summed E-state index contributed by atoms with van der Waals surface area (Å²) in [6.45, 7) is 0. The second-order valence-electron chi connectivity index (χ2n) is 4.66. The molecule has 3 aromatic rings. The lowest BCUT2D eigenvalue weighted by molar-refractivity contribution is 0.101. The second-order valence-corrected chi connectivity index (χ2v) is 4.66. The van der Waals surface area contributed by atoms with Gasteiger partial charge < -0.3 is 5.32 Å². The summed E-state index contributed by atoms with van der Waals surface area (Å²) in [5.41, 5.74) is -0.194. The van der Waals surface area contributed by atoms with E-state index in [1.807, 2.05) is 6.07 Å². The molecule has 0 spiro atoms. The summed E-state index contributed by atoms with van der Waals surface area (Å²) in [7, 11) is 0. The highest BCUT2D eigenvalue weighted by Crippen LogP contribution is 2.19. The van der Waals surface area contributed by atoms with Gasteiger partial charge in [0.05, 0.1) is 11.9 Å². The van der Waals surface area contributed by atoms with Gasteiger partial charge >= 0.3 is 0 Å². The van der Waals surface area contributed by atoms with E-state index in [1.54, 1.807) is 24.3 Å². The molecule has 1 aromatic heterocycles. The third-order valence-electron chi connectivity index (χ3n) is 3.12. The molecule has 0 saturated carbocycles. The Bertz CT molecular complexity index is 839. The third-order valence-corrected chi connectivity index (χ3v) is 3.12. The highest BCUT2D eigenvalue weighted by molar-refractivity contribution is 6.04. The van der Waals surface area contributed by atoms with E-state index in [1.165, 1.54) is 16.9 Å². The van der Waals surface area contributed by atoms with Crippen LogP contribution in [0, 0.1) is 17.5 Å². The number of anilines is 1. The molecule has 7 heteroatoms. The van der Waals surface area contributed by atoms with E-state index in [4.69, 9.17) is 0 Å². The van der Waals surface area contributed by atoms with E-state index >= 15 is 0 Å². The number of benzene rings is 2. The Morgan fingerprint density at radius 3 is 2.30 bits per heavy atom. The minimum absolute atomic E-state index is 0.226. The van der Waals surface area contributed by atoms with Crippen LogP contribution < -0.4 is 5.32 Å². The normalized spacial score (nSPS) is 10.6. The molecule has 0 radical (unpaired) electrons. The van der Waals surface area contributed by atoms with E-state index < -0.39 is 28.9 Å². The Balaban J connectivity index is 1.92. The number of carbonyl (C=O) groups is 1. The fourth-order valence-electron chi connectivity index (χ4n) is 2.11. The molecule has 4 nitrogen and oxygen atoms in total. The number of hydrogen-bond acceptors (Lipinski definition) is 2. The first kappa shape index (κ1) is 14.8. The van der Waals surface area contributed by atoms with Crippen molar-refractivity contribution in [2.24, 2.45) is 0 Å². The number of nitrogens with zero attached hydrogens (tertiary/aromatic N) is 2. The van der Waals surface area contributed by atoms with Crippen molar-refractivity contribution in [3.05, 3.63) is 77.7 Å². The smallest absolute Gasteiger partial charge is 0.262 e. The average molecular weight is 317 g/mol. The van der Waals surface area contributed by atoms with Crippen LogP contribution in [0.4, 0.5) is 19.0 Å². The maximum atomic E-state index is 13.7. The van der Waals surface area contributed by atoms with Crippen LogP contribution >= 0.6 is 0 Å². The zero-order chi connectivity index (χ0) is 16.4. The van der Waals surface area contributed by atoms with Crippen LogP contribution in [0.5, 0.6) is 0 Å². The Morgan fingerprint density at radius 2 is 1.65 bits per heavy atom. The molecule has 0 aliphatic heterocycles. The van der Waals surface area contributed by atoms with Gasteiger partial charge in [0.15, 0.2) is 0 Å². The first-order chi connectivity index (χ1) is 11.1. The molecular weight excluding hydrogens is 307 g/mol. The van der Waals surface area contributed by atoms with E-state index in [0.717, 1.165) is 0 Å². The molecule has 0 aliphatic rings. The van der Waals surface area contributed by atoms with E-state index in [2.05, 4.69) is 10.4 Å². The standard InChI is InChI=1S/C16H10F3N3O/c17-10-8-12(18)15(13(19)9-10)16(23)21-14-6-7-20-22(14)11-4-2-1-3-5-11/h1-9H,(H,21,23). The molecule has 23 heavy (non-hydrogen) atoms. The predicted octanol–water partition coefficient (Wildman–Crippen LogP) is 3.54. The summed E-state index contributed by atoms with van der Waals surface area (Å²) < 4.78 is 41.6. The highest BCUT2D eigenvalue weighted by Gasteiger charge is 2.20. The minimum Gasteiger partial charge on any atom is -0.306 e. The van der Waals surface area contributed by atoms with Crippen molar-refractivity contribution in [1.29, 1.82) is 0 Å². The Labute approximate surface area is 129 Å². The number of amides is 1. The van der Waals surface area contributed by atoms with Crippen molar-refractivity contribution in [3.63, 3.8) is 0 Å². The first-order valence-corrected chi connectivity index (χ1v) is 6.61. The summed E-state index contributed by atoms with van der Waals surface area (Å²) in [6.07, 6.45) is 1.43. The molecule has 0 aliphatic carbocycles. The van der Waals surface area contributed by atoms with Crippen molar-refractivity contribution in [1.82, 2.24) is 9.78 Å². The van der Waals surface area contributed by atoms with Gasteiger partial charge in [0.25, 0.3) is 5.91 Å². The van der Waals surface area contributed by atoms with Gasteiger partial charge in [0, 0.05) is 18.2 Å². The number of aromatic nitrogens is 2. The summed E-state index contributed by atoms with van der Waals surface area (Å²) in [4.78, 5) is 12.1. The zero-order valence-corrected chi connectivity index (χ0v) is 11.6. The van der Waals surface area contributed by atoms with Gasteiger partial charge in [0.1, 0.15) is 28.8 Å². The van der Waals surface area contributed by atoms with E-state index in [9.17, 15) is 18.0 Å². The van der Waals surface area contributed by atoms with Crippen LogP contribution in [0.3, 0.4) is 0 Å². The molecule has 1 amide bonds. The Morgan fingerprint density at radius 1 is 1.00 bits per heavy atom. The van der Waals surface area contributed by atoms with Crippen molar-refractivity contribution in [2.75, 3.05) is 5.32 Å². The van der Waals surface area contributed by atoms with Crippen molar-refractivity contribution in [3.8, 4) is 5.69 Å². The van der Waals surface area contributed by atoms with Crippen LogP contribution in [-0.4, -0.2) is 15.7 Å². The van der Waals surface area contributed by atoms with Gasteiger partial charge in [-0.25, -0.2) is 17.9 Å². The van der Waals surface area contributed by atoms with Gasteiger partial charge in [-0.05, 0) is 12.1 Å². The van der Waals surface area contributed by atoms with Gasteiger partial charge in [-0.15, -0.1) is 0 Å². The molecule has 0 atom stereocenters. The van der Waals surface area contributed by atoms with E-state index in [0.29, 0.717) is 17.8 Å². The third kappa shape index (κ3) is 2.94. The van der Waals surface area contributed by atoms with Crippen LogP contribution in [0.2, 0.25) is 0 Å². The average Bonchev–Trinajstić information content (AvgIpc) is 2.95. The fraction of sp³-hybridized carbons (Fsp3) is 0. The van der Waals surface area contributed by atoms with Gasteiger partial charge in [-0.3, -0.25) is 4.79 Å². The summed E-state index contributed by atoms with van der Waals surface area (Å²) >= 11 is 0. The number of halogens is 3. The molecule has 1 N–H and O–H groups in total. The van der Waals surface area contributed by atoms with Crippen LogP contribution in [0.1, 0.15) is 10.4 Å². The highest BCUT2D eigenvalue weighted by atomic mass is 19.1. The maximum absolute atomic E-state index is 13.7. The molecule has 116 valence electrons. The van der Waals surface area contributed by atoms with Gasteiger partial charge in [-0.2, -0.15) is 5.10 Å². The van der Waals surface area contributed by atoms with Crippen molar-refractivity contribution in [2.45, 2.75) is 0 Å². The fourth-order valence-corrected chi connectivity index (χ4v) is 2.11. The van der Waals surface area contributed by atoms with E-state index in [-0.39, 0.29) is 5.82 Å². The number of hydrogen-bond donors (Lipinski definition) is 1. The van der Waals surface area contributed by atoms with Gasteiger partial charge in [0.2, 0.25) is 0 Å². The first-order valence-electron chi connectivity index (χ1n) is 6.61. The molecule has 0 fully saturated rings. The predicted molar refractivity (Wildman–Crippen MR) is 77.8 cm³/mol. The largest absolute Gasteiger partial charge is 0.306 e. The lowest BCUT2D eigenvalue weighted by Gasteiger charge is -2.10. The minimum atomic E-state index is -1.27. The monoisotopic (exact) mass is 317 g/mol. The molecular formula is C16H10F3N3O. The lowest BCUT2D eigenvalue weighted by Crippen LogP contribution is -2.18. The maximum Gasteiger partial charge on any atom is 0.262 e. The Kier molecular flexibility index (Phi) is 3.84. The van der Waals surface area contributed by atoms with Crippen LogP contribution in [0.15, 0.2) is 54.7 Å². The van der Waals surface area contributed by atoms with Crippen molar-refractivity contribution < 1.29 is 18.0 Å². The van der Waals surface area contributed by atoms with Crippen LogP contribution in [0.25, 0.3) is 5.69 Å². The molecule has 0 saturated heterocycles. The number of nitrogens with one attached hydrogen (secondary N) is 1. The topological polar surface area (TPSA) is 46.9 Å².